The van der Waals surface area contributed by atoms with Gasteiger partial charge in [0.25, 0.3) is 0 Å². The minimum atomic E-state index is -0.798. The number of hydrogen-bond donors (Lipinski definition) is 2. The minimum Gasteiger partial charge on any atom is -0.481 e. The Morgan fingerprint density at radius 3 is 2.48 bits per heavy atom. The lowest BCUT2D eigenvalue weighted by Gasteiger charge is -2.27. The van der Waals surface area contributed by atoms with Gasteiger partial charge in [0.1, 0.15) is 0 Å². The Kier molecular flexibility index (Phi) is 7.46. The minimum absolute atomic E-state index is 0.0648. The van der Waals surface area contributed by atoms with E-state index in [9.17, 15) is 9.59 Å². The highest BCUT2D eigenvalue weighted by atomic mass is 16.4. The van der Waals surface area contributed by atoms with Gasteiger partial charge in [-0.15, -0.1) is 0 Å². The molecule has 21 heavy (non-hydrogen) atoms. The summed E-state index contributed by atoms with van der Waals surface area (Å²) in [5, 5.41) is 11.6. The molecule has 1 aromatic carbocycles. The van der Waals surface area contributed by atoms with Gasteiger partial charge in [-0.1, -0.05) is 25.1 Å². The maximum absolute atomic E-state index is 12.3. The monoisotopic (exact) mass is 292 g/mol. The first-order valence-corrected chi connectivity index (χ1v) is 7.36. The van der Waals surface area contributed by atoms with Crippen LogP contribution in [0.3, 0.4) is 0 Å². The van der Waals surface area contributed by atoms with E-state index in [2.05, 4.69) is 5.32 Å². The Morgan fingerprint density at radius 2 is 1.90 bits per heavy atom. The molecule has 2 N–H and O–H groups in total. The highest BCUT2D eigenvalue weighted by Crippen LogP contribution is 2.09. The van der Waals surface area contributed by atoms with Crippen molar-refractivity contribution in [3.8, 4) is 0 Å². The van der Waals surface area contributed by atoms with Gasteiger partial charge in [0, 0.05) is 12.1 Å². The molecule has 1 unspecified atom stereocenters. The molecular formula is C16H24N2O3. The zero-order valence-electron chi connectivity index (χ0n) is 12.7. The van der Waals surface area contributed by atoms with Crippen LogP contribution in [0.25, 0.3) is 0 Å². The molecule has 0 aliphatic rings. The average molecular weight is 292 g/mol. The number of rotatable bonds is 9. The summed E-state index contributed by atoms with van der Waals surface area (Å²) < 4.78 is 0. The highest BCUT2D eigenvalue weighted by Gasteiger charge is 2.20. The van der Waals surface area contributed by atoms with E-state index < -0.39 is 5.97 Å². The average Bonchev–Trinajstić information content (AvgIpc) is 2.46. The van der Waals surface area contributed by atoms with Crippen molar-refractivity contribution < 1.29 is 14.7 Å². The van der Waals surface area contributed by atoms with Crippen molar-refractivity contribution in [2.75, 3.05) is 18.4 Å². The van der Waals surface area contributed by atoms with Crippen LogP contribution in [0.1, 0.15) is 33.1 Å². The van der Waals surface area contributed by atoms with E-state index in [1.54, 1.807) is 0 Å². The number of nitrogens with one attached hydrogen (secondary N) is 1. The number of carbonyl (C=O) groups is 2. The molecule has 1 amide bonds. The van der Waals surface area contributed by atoms with Crippen LogP contribution >= 0.6 is 0 Å². The molecule has 1 rings (SSSR count). The highest BCUT2D eigenvalue weighted by molar-refractivity contribution is 5.94. The van der Waals surface area contributed by atoms with E-state index in [0.717, 1.165) is 18.7 Å². The molecule has 0 aromatic heterocycles. The SMILES string of the molecule is CCCN(CCCC(=O)O)C(C)C(=O)Nc1ccccc1. The Labute approximate surface area is 126 Å². The molecular weight excluding hydrogens is 268 g/mol. The van der Waals surface area contributed by atoms with Crippen LogP contribution in [0.15, 0.2) is 30.3 Å². The molecule has 5 heteroatoms. The topological polar surface area (TPSA) is 69.6 Å². The summed E-state index contributed by atoms with van der Waals surface area (Å²) in [4.78, 5) is 24.9. The third kappa shape index (κ3) is 6.40. The number of aliphatic carboxylic acids is 1. The van der Waals surface area contributed by atoms with Gasteiger partial charge in [-0.2, -0.15) is 0 Å². The smallest absolute Gasteiger partial charge is 0.303 e. The number of nitrogens with zero attached hydrogens (tertiary/aromatic N) is 1. The molecule has 0 aliphatic carbocycles. The summed E-state index contributed by atoms with van der Waals surface area (Å²) in [6.45, 7) is 5.30. The van der Waals surface area contributed by atoms with E-state index in [1.807, 2.05) is 49.1 Å². The van der Waals surface area contributed by atoms with Gasteiger partial charge in [-0.25, -0.2) is 0 Å². The first kappa shape index (κ1) is 17.2. The molecule has 0 spiro atoms. The van der Waals surface area contributed by atoms with Crippen LogP contribution in [0.4, 0.5) is 5.69 Å². The van der Waals surface area contributed by atoms with Gasteiger partial charge in [0.2, 0.25) is 5.91 Å². The Hall–Kier alpha value is -1.88. The standard InChI is InChI=1S/C16H24N2O3/c1-3-11-18(12-7-10-15(19)20)13(2)16(21)17-14-8-5-4-6-9-14/h4-6,8-9,13H,3,7,10-12H2,1-2H3,(H,17,21)(H,19,20). The second kappa shape index (κ2) is 9.13. The largest absolute Gasteiger partial charge is 0.481 e. The van der Waals surface area contributed by atoms with Crippen LogP contribution in [0, 0.1) is 0 Å². The van der Waals surface area contributed by atoms with Crippen molar-refractivity contribution in [3.63, 3.8) is 0 Å². The van der Waals surface area contributed by atoms with Crippen molar-refractivity contribution in [1.29, 1.82) is 0 Å². The summed E-state index contributed by atoms with van der Waals surface area (Å²) >= 11 is 0. The molecule has 0 saturated heterocycles. The van der Waals surface area contributed by atoms with Gasteiger partial charge in [0.05, 0.1) is 6.04 Å². The third-order valence-corrected chi connectivity index (χ3v) is 3.32. The second-order valence-corrected chi connectivity index (χ2v) is 5.06. The summed E-state index contributed by atoms with van der Waals surface area (Å²) in [6, 6.07) is 9.06. The molecule has 0 bridgehead atoms. The number of carboxylic acids is 1. The first-order chi connectivity index (χ1) is 10.0. The normalized spacial score (nSPS) is 12.1. The summed E-state index contributed by atoms with van der Waals surface area (Å²) in [6.07, 6.45) is 1.61. The van der Waals surface area contributed by atoms with Crippen LogP contribution in [-0.2, 0) is 9.59 Å². The summed E-state index contributed by atoms with van der Waals surface area (Å²) in [5.74, 6) is -0.863. The fourth-order valence-electron chi connectivity index (χ4n) is 2.15. The summed E-state index contributed by atoms with van der Waals surface area (Å²) in [5.41, 5.74) is 0.774. The number of anilines is 1. The van der Waals surface area contributed by atoms with Gasteiger partial charge >= 0.3 is 5.97 Å². The lowest BCUT2D eigenvalue weighted by molar-refractivity contribution is -0.137. The number of benzene rings is 1. The summed E-state index contributed by atoms with van der Waals surface area (Å²) in [7, 11) is 0. The van der Waals surface area contributed by atoms with Gasteiger partial charge < -0.3 is 10.4 Å². The van der Waals surface area contributed by atoms with Crippen LogP contribution < -0.4 is 5.32 Å². The second-order valence-electron chi connectivity index (χ2n) is 5.06. The molecule has 0 fully saturated rings. The molecule has 1 atom stereocenters. The van der Waals surface area contributed by atoms with Crippen molar-refractivity contribution in [3.05, 3.63) is 30.3 Å². The van der Waals surface area contributed by atoms with E-state index >= 15 is 0 Å². The number of amides is 1. The molecule has 1 aromatic rings. The third-order valence-electron chi connectivity index (χ3n) is 3.32. The van der Waals surface area contributed by atoms with E-state index in [-0.39, 0.29) is 18.4 Å². The molecule has 116 valence electrons. The number of carbonyl (C=O) groups excluding carboxylic acids is 1. The van der Waals surface area contributed by atoms with Crippen LogP contribution in [-0.4, -0.2) is 41.0 Å². The zero-order valence-corrected chi connectivity index (χ0v) is 12.7. The number of para-hydroxylation sites is 1. The van der Waals surface area contributed by atoms with E-state index in [1.165, 1.54) is 0 Å². The number of carboxylic acid groups (broad SMARTS) is 1. The Balaban J connectivity index is 2.55. The van der Waals surface area contributed by atoms with Gasteiger partial charge in [-0.3, -0.25) is 14.5 Å². The van der Waals surface area contributed by atoms with Gasteiger partial charge in [-0.05, 0) is 45.0 Å². The van der Waals surface area contributed by atoms with Crippen molar-refractivity contribution in [2.45, 2.75) is 39.2 Å². The molecule has 0 aliphatic heterocycles. The Bertz CT molecular complexity index is 448. The van der Waals surface area contributed by atoms with Crippen LogP contribution in [0.2, 0.25) is 0 Å². The predicted octanol–water partition coefficient (Wildman–Crippen LogP) is 2.59. The van der Waals surface area contributed by atoms with Crippen molar-refractivity contribution in [2.24, 2.45) is 0 Å². The molecule has 0 radical (unpaired) electrons. The zero-order chi connectivity index (χ0) is 15.7. The van der Waals surface area contributed by atoms with Gasteiger partial charge in [0.15, 0.2) is 0 Å². The molecule has 5 nitrogen and oxygen atoms in total. The molecule has 0 saturated carbocycles. The quantitative estimate of drug-likeness (QED) is 0.734. The van der Waals surface area contributed by atoms with Crippen molar-refractivity contribution >= 4 is 17.6 Å². The lowest BCUT2D eigenvalue weighted by atomic mass is 10.2. The number of hydrogen-bond acceptors (Lipinski definition) is 3. The maximum Gasteiger partial charge on any atom is 0.303 e. The van der Waals surface area contributed by atoms with Crippen molar-refractivity contribution in [1.82, 2.24) is 4.90 Å². The van der Waals surface area contributed by atoms with Crippen LogP contribution in [0.5, 0.6) is 0 Å². The first-order valence-electron chi connectivity index (χ1n) is 7.36. The van der Waals surface area contributed by atoms with E-state index in [0.29, 0.717) is 13.0 Å². The fourth-order valence-corrected chi connectivity index (χ4v) is 2.15. The van der Waals surface area contributed by atoms with E-state index in [4.69, 9.17) is 5.11 Å². The maximum atomic E-state index is 12.3. The molecule has 0 heterocycles. The lowest BCUT2D eigenvalue weighted by Crippen LogP contribution is -2.43. The predicted molar refractivity (Wildman–Crippen MR) is 83.3 cm³/mol. The Morgan fingerprint density at radius 1 is 1.24 bits per heavy atom. The fraction of sp³-hybridized carbons (Fsp3) is 0.500.